The monoisotopic (exact) mass is 189 g/mol. The fourth-order valence-corrected chi connectivity index (χ4v) is 1.12. The Balaban J connectivity index is 2.66. The molecule has 0 spiro atoms. The number of ether oxygens (including phenoxy) is 1. The zero-order valence-electron chi connectivity index (χ0n) is 7.17. The number of aromatic nitrogens is 3. The highest BCUT2D eigenvalue weighted by atomic mass is 35.5. The van der Waals surface area contributed by atoms with Crippen LogP contribution in [0.4, 0.5) is 0 Å². The van der Waals surface area contributed by atoms with Crippen molar-refractivity contribution in [3.05, 3.63) is 11.1 Å². The lowest BCUT2D eigenvalue weighted by atomic mass is 10.2. The number of H-pyrrole nitrogens is 1. The Morgan fingerprint density at radius 3 is 2.75 bits per heavy atom. The molecule has 1 heterocycles. The first kappa shape index (κ1) is 9.48. The molecular formula is C7H12ClN3O. The molecule has 0 aliphatic heterocycles. The minimum absolute atomic E-state index is 0.0185. The van der Waals surface area contributed by atoms with E-state index in [0.717, 1.165) is 6.42 Å². The highest BCUT2D eigenvalue weighted by Crippen LogP contribution is 2.17. The van der Waals surface area contributed by atoms with Crippen LogP contribution in [0.2, 0.25) is 5.28 Å². The van der Waals surface area contributed by atoms with Crippen LogP contribution >= 0.6 is 11.6 Å². The van der Waals surface area contributed by atoms with E-state index in [-0.39, 0.29) is 11.4 Å². The van der Waals surface area contributed by atoms with Crippen molar-refractivity contribution in [2.75, 3.05) is 6.61 Å². The van der Waals surface area contributed by atoms with Crippen molar-refractivity contribution in [2.24, 2.45) is 0 Å². The standard InChI is InChI=1S/C7H12ClN3O/c1-3-5(12-4-2)6-9-7(8)11-10-6/h5H,3-4H2,1-2H3,(H,9,10,11). The van der Waals surface area contributed by atoms with Gasteiger partial charge in [0.25, 0.3) is 0 Å². The van der Waals surface area contributed by atoms with Gasteiger partial charge < -0.3 is 4.74 Å². The van der Waals surface area contributed by atoms with Crippen LogP contribution in [0.25, 0.3) is 0 Å². The average Bonchev–Trinajstić information content (AvgIpc) is 2.47. The van der Waals surface area contributed by atoms with Gasteiger partial charge in [-0.3, -0.25) is 5.10 Å². The first-order valence-corrected chi connectivity index (χ1v) is 4.35. The predicted molar refractivity (Wildman–Crippen MR) is 46.1 cm³/mol. The van der Waals surface area contributed by atoms with E-state index < -0.39 is 0 Å². The summed E-state index contributed by atoms with van der Waals surface area (Å²) in [7, 11) is 0. The summed E-state index contributed by atoms with van der Waals surface area (Å²) < 4.78 is 5.40. The van der Waals surface area contributed by atoms with Crippen LogP contribution in [-0.2, 0) is 4.74 Å². The third-order valence-electron chi connectivity index (χ3n) is 1.52. The highest BCUT2D eigenvalue weighted by Gasteiger charge is 2.12. The van der Waals surface area contributed by atoms with Crippen molar-refractivity contribution >= 4 is 11.6 Å². The van der Waals surface area contributed by atoms with Gasteiger partial charge >= 0.3 is 0 Å². The molecule has 0 aliphatic rings. The minimum atomic E-state index is -0.0185. The van der Waals surface area contributed by atoms with Crippen LogP contribution in [0.5, 0.6) is 0 Å². The third-order valence-corrected chi connectivity index (χ3v) is 1.69. The molecule has 0 aromatic carbocycles. The van der Waals surface area contributed by atoms with Crippen LogP contribution in [0.3, 0.4) is 0 Å². The van der Waals surface area contributed by atoms with Gasteiger partial charge in [-0.05, 0) is 24.9 Å². The molecule has 1 unspecified atom stereocenters. The Morgan fingerprint density at radius 1 is 1.58 bits per heavy atom. The Bertz CT molecular complexity index is 238. The lowest BCUT2D eigenvalue weighted by Crippen LogP contribution is -2.04. The quantitative estimate of drug-likeness (QED) is 0.788. The van der Waals surface area contributed by atoms with Gasteiger partial charge in [-0.15, -0.1) is 5.10 Å². The number of nitrogens with one attached hydrogen (secondary N) is 1. The van der Waals surface area contributed by atoms with Crippen LogP contribution in [0.15, 0.2) is 0 Å². The van der Waals surface area contributed by atoms with E-state index in [2.05, 4.69) is 15.2 Å². The summed E-state index contributed by atoms with van der Waals surface area (Å²) in [6.45, 7) is 4.63. The largest absolute Gasteiger partial charge is 0.371 e. The minimum Gasteiger partial charge on any atom is -0.371 e. The third kappa shape index (κ3) is 2.19. The number of hydrogen-bond donors (Lipinski definition) is 1. The average molecular weight is 190 g/mol. The molecule has 0 amide bonds. The SMILES string of the molecule is CCOC(CC)c1nc(Cl)n[nH]1. The molecule has 1 atom stereocenters. The Kier molecular flexibility index (Phi) is 3.49. The number of nitrogens with zero attached hydrogens (tertiary/aromatic N) is 2. The predicted octanol–water partition coefficient (Wildman–Crippen LogP) is 1.95. The van der Waals surface area contributed by atoms with Crippen molar-refractivity contribution in [1.29, 1.82) is 0 Å². The molecule has 0 bridgehead atoms. The molecule has 0 aliphatic carbocycles. The lowest BCUT2D eigenvalue weighted by Gasteiger charge is -2.10. The fourth-order valence-electron chi connectivity index (χ4n) is 0.988. The van der Waals surface area contributed by atoms with Gasteiger partial charge in [-0.2, -0.15) is 4.98 Å². The summed E-state index contributed by atoms with van der Waals surface area (Å²) >= 11 is 5.55. The Labute approximate surface area is 76.3 Å². The molecule has 1 N–H and O–H groups in total. The number of aromatic amines is 1. The second kappa shape index (κ2) is 4.42. The number of hydrogen-bond acceptors (Lipinski definition) is 3. The van der Waals surface area contributed by atoms with E-state index in [4.69, 9.17) is 16.3 Å². The molecule has 4 nitrogen and oxygen atoms in total. The summed E-state index contributed by atoms with van der Waals surface area (Å²) in [4.78, 5) is 3.97. The van der Waals surface area contributed by atoms with Gasteiger partial charge in [0.05, 0.1) is 0 Å². The van der Waals surface area contributed by atoms with Gasteiger partial charge in [0.1, 0.15) is 6.10 Å². The highest BCUT2D eigenvalue weighted by molar-refractivity contribution is 6.28. The van der Waals surface area contributed by atoms with Crippen molar-refractivity contribution in [3.8, 4) is 0 Å². The van der Waals surface area contributed by atoms with E-state index in [1.54, 1.807) is 0 Å². The van der Waals surface area contributed by atoms with Crippen molar-refractivity contribution in [1.82, 2.24) is 15.2 Å². The topological polar surface area (TPSA) is 50.8 Å². The van der Waals surface area contributed by atoms with Gasteiger partial charge in [-0.25, -0.2) is 0 Å². The molecule has 0 saturated heterocycles. The van der Waals surface area contributed by atoms with Crippen LogP contribution in [0.1, 0.15) is 32.2 Å². The molecule has 5 heteroatoms. The van der Waals surface area contributed by atoms with Gasteiger partial charge in [-0.1, -0.05) is 6.92 Å². The second-order valence-electron chi connectivity index (χ2n) is 2.34. The van der Waals surface area contributed by atoms with Crippen LogP contribution in [0, 0.1) is 0 Å². The van der Waals surface area contributed by atoms with Crippen molar-refractivity contribution < 1.29 is 4.74 Å². The maximum atomic E-state index is 5.55. The summed E-state index contributed by atoms with van der Waals surface area (Å²) in [5.74, 6) is 0.698. The molecule has 68 valence electrons. The van der Waals surface area contributed by atoms with Crippen molar-refractivity contribution in [2.45, 2.75) is 26.4 Å². The van der Waals surface area contributed by atoms with E-state index in [1.807, 2.05) is 13.8 Å². The molecule has 1 aromatic rings. The zero-order valence-corrected chi connectivity index (χ0v) is 7.93. The summed E-state index contributed by atoms with van der Waals surface area (Å²) in [5.41, 5.74) is 0. The number of rotatable bonds is 4. The maximum Gasteiger partial charge on any atom is 0.242 e. The molecule has 1 aromatic heterocycles. The Hall–Kier alpha value is -0.610. The molecule has 12 heavy (non-hydrogen) atoms. The Morgan fingerprint density at radius 2 is 2.33 bits per heavy atom. The normalized spacial score (nSPS) is 13.2. The van der Waals surface area contributed by atoms with Gasteiger partial charge in [0.2, 0.25) is 5.28 Å². The van der Waals surface area contributed by atoms with Crippen molar-refractivity contribution in [3.63, 3.8) is 0 Å². The molecule has 0 saturated carbocycles. The summed E-state index contributed by atoms with van der Waals surface area (Å²) in [6, 6.07) is 0. The zero-order chi connectivity index (χ0) is 8.97. The van der Waals surface area contributed by atoms with E-state index in [9.17, 15) is 0 Å². The first-order chi connectivity index (χ1) is 5.77. The van der Waals surface area contributed by atoms with Gasteiger partial charge in [0.15, 0.2) is 5.82 Å². The van der Waals surface area contributed by atoms with E-state index >= 15 is 0 Å². The molecule has 0 fully saturated rings. The second-order valence-corrected chi connectivity index (χ2v) is 2.68. The molecule has 0 radical (unpaired) electrons. The van der Waals surface area contributed by atoms with E-state index in [1.165, 1.54) is 0 Å². The maximum absolute atomic E-state index is 5.55. The molecule has 1 rings (SSSR count). The summed E-state index contributed by atoms with van der Waals surface area (Å²) in [6.07, 6.45) is 0.842. The van der Waals surface area contributed by atoms with E-state index in [0.29, 0.717) is 12.4 Å². The lowest BCUT2D eigenvalue weighted by molar-refractivity contribution is 0.0537. The fraction of sp³-hybridized carbons (Fsp3) is 0.714. The number of halogens is 1. The smallest absolute Gasteiger partial charge is 0.242 e. The van der Waals surface area contributed by atoms with Crippen LogP contribution in [-0.4, -0.2) is 21.8 Å². The molecular weight excluding hydrogens is 178 g/mol. The first-order valence-electron chi connectivity index (χ1n) is 3.97. The van der Waals surface area contributed by atoms with Gasteiger partial charge in [0, 0.05) is 6.61 Å². The van der Waals surface area contributed by atoms with Crippen LogP contribution < -0.4 is 0 Å². The summed E-state index contributed by atoms with van der Waals surface area (Å²) in [5, 5.41) is 6.68.